The minimum Gasteiger partial charge on any atom is -0.480 e. The zero-order valence-electron chi connectivity index (χ0n) is 18.1. The molecule has 0 aliphatic rings. The first-order valence-electron chi connectivity index (χ1n) is 10.2. The number of primary amides is 1. The van der Waals surface area contributed by atoms with Crippen molar-refractivity contribution in [2.24, 2.45) is 11.5 Å². The first-order valence-corrected chi connectivity index (χ1v) is 10.2. The molecule has 15 heteroatoms. The maximum absolute atomic E-state index is 12.7. The Hall–Kier alpha value is -4.27. The number of nitrogens with zero attached hydrogens (tertiary/aromatic N) is 2. The van der Waals surface area contributed by atoms with Gasteiger partial charge in [-0.15, -0.1) is 0 Å². The van der Waals surface area contributed by atoms with E-state index in [1.165, 1.54) is 25.0 Å². The fraction of sp³-hybridized carbons (Fsp3) is 0.421. The van der Waals surface area contributed by atoms with Gasteiger partial charge in [0.25, 0.3) is 0 Å². The lowest BCUT2D eigenvalue weighted by atomic mass is 10.1. The summed E-state index contributed by atoms with van der Waals surface area (Å²) in [7, 11) is 0. The van der Waals surface area contributed by atoms with Crippen LogP contribution >= 0.6 is 0 Å². The summed E-state index contributed by atoms with van der Waals surface area (Å²) in [5.41, 5.74) is 12.0. The highest BCUT2D eigenvalue weighted by molar-refractivity contribution is 5.92. The molecule has 0 bridgehead atoms. The summed E-state index contributed by atoms with van der Waals surface area (Å²) in [6.45, 7) is -0.494. The van der Waals surface area contributed by atoms with Gasteiger partial charge in [-0.25, -0.2) is 14.8 Å². The number of amides is 4. The van der Waals surface area contributed by atoms with Gasteiger partial charge in [0.05, 0.1) is 25.2 Å². The summed E-state index contributed by atoms with van der Waals surface area (Å²) in [5, 5.41) is 16.5. The molecule has 15 nitrogen and oxygen atoms in total. The Morgan fingerprint density at radius 1 is 0.941 bits per heavy atom. The summed E-state index contributed by atoms with van der Waals surface area (Å²) in [4.78, 5) is 73.0. The van der Waals surface area contributed by atoms with Crippen LogP contribution in [0.1, 0.15) is 24.2 Å². The SMILES string of the molecule is NC(=O)CCC(NC(=O)CNC(=O)C(N)Cc1cnc[nH]1)C(=O)NC(Cc1cnc[nH]1)C(=O)O. The summed E-state index contributed by atoms with van der Waals surface area (Å²) in [6, 6.07) is -3.53. The van der Waals surface area contributed by atoms with Crippen LogP contribution in [0, 0.1) is 0 Å². The van der Waals surface area contributed by atoms with Crippen molar-refractivity contribution in [2.75, 3.05) is 6.54 Å². The van der Waals surface area contributed by atoms with E-state index in [-0.39, 0.29) is 25.7 Å². The van der Waals surface area contributed by atoms with Gasteiger partial charge >= 0.3 is 5.97 Å². The molecule has 0 aliphatic carbocycles. The topological polar surface area (TPSA) is 251 Å². The number of carboxylic acid groups (broad SMARTS) is 1. The van der Waals surface area contributed by atoms with Gasteiger partial charge < -0.3 is 42.5 Å². The van der Waals surface area contributed by atoms with Gasteiger partial charge in [0.15, 0.2) is 0 Å². The quantitative estimate of drug-likeness (QED) is 0.135. The lowest BCUT2D eigenvalue weighted by Crippen LogP contribution is -2.54. The van der Waals surface area contributed by atoms with E-state index in [1.807, 2.05) is 0 Å². The monoisotopic (exact) mass is 477 g/mol. The molecule has 0 aliphatic heterocycles. The summed E-state index contributed by atoms with van der Waals surface area (Å²) < 4.78 is 0. The maximum atomic E-state index is 12.7. The largest absolute Gasteiger partial charge is 0.480 e. The van der Waals surface area contributed by atoms with Gasteiger partial charge in [0.1, 0.15) is 12.1 Å². The number of imidazole rings is 2. The maximum Gasteiger partial charge on any atom is 0.326 e. The molecule has 10 N–H and O–H groups in total. The molecule has 0 fully saturated rings. The van der Waals surface area contributed by atoms with Crippen molar-refractivity contribution in [1.82, 2.24) is 35.9 Å². The molecule has 0 saturated heterocycles. The third kappa shape index (κ3) is 8.70. The number of nitrogens with two attached hydrogens (primary N) is 2. The molecule has 4 amide bonds. The molecular weight excluding hydrogens is 450 g/mol. The molecule has 2 aromatic heterocycles. The highest BCUT2D eigenvalue weighted by Crippen LogP contribution is 2.03. The second-order valence-corrected chi connectivity index (χ2v) is 7.41. The van der Waals surface area contributed by atoms with Gasteiger partial charge in [-0.1, -0.05) is 0 Å². The third-order valence-electron chi connectivity index (χ3n) is 4.68. The van der Waals surface area contributed by atoms with Gasteiger partial charge in [-0.05, 0) is 6.42 Å². The highest BCUT2D eigenvalue weighted by Gasteiger charge is 2.27. The smallest absolute Gasteiger partial charge is 0.326 e. The van der Waals surface area contributed by atoms with Crippen LogP contribution in [0.15, 0.2) is 25.0 Å². The second-order valence-electron chi connectivity index (χ2n) is 7.41. The van der Waals surface area contributed by atoms with Crippen LogP contribution in [0.25, 0.3) is 0 Å². The molecule has 0 aromatic carbocycles. The lowest BCUT2D eigenvalue weighted by molar-refractivity contribution is -0.142. The number of H-pyrrole nitrogens is 2. The Labute approximate surface area is 193 Å². The van der Waals surface area contributed by atoms with E-state index in [2.05, 4.69) is 35.9 Å². The molecule has 184 valence electrons. The zero-order chi connectivity index (χ0) is 25.1. The number of carbonyl (C=O) groups is 5. The molecule has 0 spiro atoms. The van der Waals surface area contributed by atoms with E-state index in [9.17, 15) is 29.1 Å². The molecule has 34 heavy (non-hydrogen) atoms. The van der Waals surface area contributed by atoms with Crippen molar-refractivity contribution in [2.45, 2.75) is 43.8 Å². The summed E-state index contributed by atoms with van der Waals surface area (Å²) in [5.74, 6) is -4.19. The Morgan fingerprint density at radius 2 is 1.56 bits per heavy atom. The van der Waals surface area contributed by atoms with Crippen LogP contribution in [-0.4, -0.2) is 79.3 Å². The number of aliphatic carboxylic acids is 1. The molecule has 0 saturated carbocycles. The van der Waals surface area contributed by atoms with Gasteiger partial charge in [-0.2, -0.15) is 0 Å². The number of aromatic nitrogens is 4. The van der Waals surface area contributed by atoms with Crippen molar-refractivity contribution in [1.29, 1.82) is 0 Å². The summed E-state index contributed by atoms with van der Waals surface area (Å²) >= 11 is 0. The second kappa shape index (κ2) is 12.7. The third-order valence-corrected chi connectivity index (χ3v) is 4.68. The first-order chi connectivity index (χ1) is 16.2. The van der Waals surface area contributed by atoms with Crippen LogP contribution < -0.4 is 27.4 Å². The van der Waals surface area contributed by atoms with Crippen molar-refractivity contribution in [3.8, 4) is 0 Å². The van der Waals surface area contributed by atoms with Crippen molar-refractivity contribution >= 4 is 29.6 Å². The Morgan fingerprint density at radius 3 is 2.09 bits per heavy atom. The zero-order valence-corrected chi connectivity index (χ0v) is 18.1. The van der Waals surface area contributed by atoms with Crippen molar-refractivity contribution in [3.63, 3.8) is 0 Å². The highest BCUT2D eigenvalue weighted by atomic mass is 16.4. The fourth-order valence-corrected chi connectivity index (χ4v) is 2.91. The molecule has 2 rings (SSSR count). The Kier molecular flexibility index (Phi) is 9.70. The number of carbonyl (C=O) groups excluding carboxylic acids is 4. The average Bonchev–Trinajstić information content (AvgIpc) is 3.48. The van der Waals surface area contributed by atoms with E-state index in [0.29, 0.717) is 11.4 Å². The number of carboxylic acids is 1. The Bertz CT molecular complexity index is 977. The minimum atomic E-state index is -1.32. The number of rotatable bonds is 14. The predicted molar refractivity (Wildman–Crippen MR) is 115 cm³/mol. The summed E-state index contributed by atoms with van der Waals surface area (Å²) in [6.07, 6.45) is 5.41. The van der Waals surface area contributed by atoms with Gasteiger partial charge in [0.2, 0.25) is 23.6 Å². The van der Waals surface area contributed by atoms with E-state index in [4.69, 9.17) is 11.5 Å². The van der Waals surface area contributed by atoms with Crippen LogP contribution in [0.5, 0.6) is 0 Å². The van der Waals surface area contributed by atoms with E-state index >= 15 is 0 Å². The number of nitrogens with one attached hydrogen (secondary N) is 5. The lowest BCUT2D eigenvalue weighted by Gasteiger charge is -2.21. The first kappa shape index (κ1) is 26.0. The van der Waals surface area contributed by atoms with Gasteiger partial charge in [-0.3, -0.25) is 19.2 Å². The van der Waals surface area contributed by atoms with Crippen LogP contribution in [0.2, 0.25) is 0 Å². The van der Waals surface area contributed by atoms with Crippen molar-refractivity contribution in [3.05, 3.63) is 36.4 Å². The standard InChI is InChI=1S/C19H27N9O6/c20-12(3-10-5-22-8-25-10)17(31)24-7-16(30)27-13(1-2-15(21)29)18(32)28-14(19(33)34)4-11-6-23-9-26-11/h5-6,8-9,12-14H,1-4,7,20H2,(H2,21,29)(H,22,25)(H,23,26)(H,24,31)(H,27,30)(H,28,32)(H,33,34). The molecule has 2 heterocycles. The molecule has 2 aromatic rings. The molecular formula is C19H27N9O6. The van der Waals surface area contributed by atoms with Crippen molar-refractivity contribution < 1.29 is 29.1 Å². The minimum absolute atomic E-state index is 0.0815. The number of hydrogen-bond acceptors (Lipinski definition) is 8. The number of aromatic amines is 2. The molecule has 3 unspecified atom stereocenters. The molecule has 3 atom stereocenters. The van der Waals surface area contributed by atoms with E-state index in [1.54, 1.807) is 0 Å². The van der Waals surface area contributed by atoms with Crippen LogP contribution in [0.4, 0.5) is 0 Å². The fourth-order valence-electron chi connectivity index (χ4n) is 2.91. The van der Waals surface area contributed by atoms with E-state index in [0.717, 1.165) is 0 Å². The van der Waals surface area contributed by atoms with E-state index < -0.39 is 54.3 Å². The Balaban J connectivity index is 1.92. The predicted octanol–water partition coefficient (Wildman–Crippen LogP) is -3.32. The average molecular weight is 477 g/mol. The molecule has 0 radical (unpaired) electrons. The van der Waals surface area contributed by atoms with Crippen LogP contribution in [-0.2, 0) is 36.8 Å². The normalized spacial score (nSPS) is 13.3. The van der Waals surface area contributed by atoms with Gasteiger partial charge in [0, 0.05) is 43.0 Å². The van der Waals surface area contributed by atoms with Crippen LogP contribution in [0.3, 0.4) is 0 Å². The number of hydrogen-bond donors (Lipinski definition) is 8.